The molecule has 1 N–H and O–H groups in total. The van der Waals surface area contributed by atoms with E-state index >= 15 is 0 Å². The largest absolute Gasteiger partial charge is 0.444 e. The molecule has 2 aliphatic heterocycles. The van der Waals surface area contributed by atoms with E-state index in [9.17, 15) is 4.79 Å². The van der Waals surface area contributed by atoms with Gasteiger partial charge in [0.05, 0.1) is 26.4 Å². The number of hydrogen-bond donors (Lipinski definition) is 1. The van der Waals surface area contributed by atoms with Crippen molar-refractivity contribution in [1.82, 2.24) is 15.1 Å². The number of alkyl carbamates (subject to hydrolysis) is 1. The van der Waals surface area contributed by atoms with E-state index in [0.29, 0.717) is 0 Å². The predicted molar refractivity (Wildman–Crippen MR) is 92.3 cm³/mol. The fourth-order valence-electron chi connectivity index (χ4n) is 2.94. The van der Waals surface area contributed by atoms with Crippen LogP contribution in [0.3, 0.4) is 0 Å². The highest BCUT2D eigenvalue weighted by Gasteiger charge is 2.23. The van der Waals surface area contributed by atoms with E-state index in [1.165, 1.54) is 0 Å². The molecule has 0 aromatic carbocycles. The summed E-state index contributed by atoms with van der Waals surface area (Å²) < 4.78 is 16.2. The average Bonchev–Trinajstić information content (AvgIpc) is 2.53. The number of rotatable bonds is 6. The third kappa shape index (κ3) is 7.79. The topological polar surface area (TPSA) is 63.3 Å². The Bertz CT molecular complexity index is 375. The highest BCUT2D eigenvalue weighted by Crippen LogP contribution is 2.09. The van der Waals surface area contributed by atoms with Gasteiger partial charge in [-0.25, -0.2) is 4.79 Å². The number of nitrogens with one attached hydrogen (secondary N) is 1. The second-order valence-electron chi connectivity index (χ2n) is 7.50. The molecule has 1 atom stereocenters. The smallest absolute Gasteiger partial charge is 0.407 e. The summed E-state index contributed by atoms with van der Waals surface area (Å²) in [5, 5.41) is 3.06. The molecule has 0 spiro atoms. The monoisotopic (exact) mass is 343 g/mol. The number of carbonyl (C=O) groups is 1. The Kier molecular flexibility index (Phi) is 7.74. The van der Waals surface area contributed by atoms with Crippen LogP contribution in [0.4, 0.5) is 4.79 Å². The van der Waals surface area contributed by atoms with Gasteiger partial charge in [0.15, 0.2) is 0 Å². The fraction of sp³-hybridized carbons (Fsp3) is 0.941. The van der Waals surface area contributed by atoms with E-state index in [0.717, 1.165) is 72.1 Å². The molecule has 2 saturated heterocycles. The number of amides is 1. The summed E-state index contributed by atoms with van der Waals surface area (Å²) in [7, 11) is 0. The molecule has 2 heterocycles. The normalized spacial score (nSPS) is 22.1. The van der Waals surface area contributed by atoms with Gasteiger partial charge in [-0.3, -0.25) is 9.80 Å². The standard InChI is InChI=1S/C17H33N3O4/c1-17(2,3)24-16(21)18-15(14-20-8-12-23-13-9-20)4-5-19-6-10-22-11-7-19/h15H,4-14H2,1-3H3,(H,18,21)/t15-/m1/s1. The van der Waals surface area contributed by atoms with Crippen molar-refractivity contribution in [3.05, 3.63) is 0 Å². The Labute approximate surface area is 145 Å². The van der Waals surface area contributed by atoms with Crippen molar-refractivity contribution < 1.29 is 19.0 Å². The van der Waals surface area contributed by atoms with Crippen molar-refractivity contribution in [3.8, 4) is 0 Å². The molecule has 7 nitrogen and oxygen atoms in total. The maximum absolute atomic E-state index is 12.2. The average molecular weight is 343 g/mol. The molecular weight excluding hydrogens is 310 g/mol. The number of morpholine rings is 2. The first kappa shape index (κ1) is 19.4. The van der Waals surface area contributed by atoms with E-state index in [2.05, 4.69) is 15.1 Å². The van der Waals surface area contributed by atoms with Gasteiger partial charge in [0, 0.05) is 45.3 Å². The minimum atomic E-state index is -0.474. The molecule has 0 aromatic heterocycles. The van der Waals surface area contributed by atoms with Gasteiger partial charge in [0.25, 0.3) is 0 Å². The van der Waals surface area contributed by atoms with Gasteiger partial charge < -0.3 is 19.5 Å². The van der Waals surface area contributed by atoms with Gasteiger partial charge in [-0.2, -0.15) is 0 Å². The predicted octanol–water partition coefficient (Wildman–Crippen LogP) is 0.934. The molecule has 0 unspecified atom stereocenters. The van der Waals surface area contributed by atoms with E-state index in [1.807, 2.05) is 20.8 Å². The molecule has 0 aromatic rings. The highest BCUT2D eigenvalue weighted by molar-refractivity contribution is 5.68. The van der Waals surface area contributed by atoms with Crippen molar-refractivity contribution >= 4 is 6.09 Å². The van der Waals surface area contributed by atoms with Crippen LogP contribution in [-0.4, -0.2) is 93.2 Å². The number of nitrogens with zero attached hydrogens (tertiary/aromatic N) is 2. The van der Waals surface area contributed by atoms with Gasteiger partial charge in [0.1, 0.15) is 5.60 Å². The maximum Gasteiger partial charge on any atom is 0.407 e. The molecule has 7 heteroatoms. The van der Waals surface area contributed by atoms with E-state index in [1.54, 1.807) is 0 Å². The lowest BCUT2D eigenvalue weighted by Crippen LogP contribution is -2.50. The molecule has 2 fully saturated rings. The maximum atomic E-state index is 12.2. The van der Waals surface area contributed by atoms with Crippen molar-refractivity contribution in [3.63, 3.8) is 0 Å². The summed E-state index contributed by atoms with van der Waals surface area (Å²) >= 11 is 0. The number of hydrogen-bond acceptors (Lipinski definition) is 6. The van der Waals surface area contributed by atoms with Crippen molar-refractivity contribution in [2.75, 3.05) is 65.7 Å². The molecule has 2 rings (SSSR count). The fourth-order valence-corrected chi connectivity index (χ4v) is 2.94. The second-order valence-corrected chi connectivity index (χ2v) is 7.50. The molecular formula is C17H33N3O4. The summed E-state index contributed by atoms with van der Waals surface area (Å²) in [4.78, 5) is 16.9. The minimum Gasteiger partial charge on any atom is -0.444 e. The Hall–Kier alpha value is -0.890. The van der Waals surface area contributed by atoms with Crippen molar-refractivity contribution in [2.45, 2.75) is 38.8 Å². The molecule has 24 heavy (non-hydrogen) atoms. The van der Waals surface area contributed by atoms with E-state index < -0.39 is 5.60 Å². The number of ether oxygens (including phenoxy) is 3. The lowest BCUT2D eigenvalue weighted by molar-refractivity contribution is 0.0221. The summed E-state index contributed by atoms with van der Waals surface area (Å²) in [6.45, 7) is 14.4. The molecule has 0 saturated carbocycles. The van der Waals surface area contributed by atoms with Crippen LogP contribution in [0.15, 0.2) is 0 Å². The quantitative estimate of drug-likeness (QED) is 0.774. The van der Waals surface area contributed by atoms with Crippen LogP contribution >= 0.6 is 0 Å². The third-order valence-electron chi connectivity index (χ3n) is 4.20. The van der Waals surface area contributed by atoms with Gasteiger partial charge in [-0.15, -0.1) is 0 Å². The lowest BCUT2D eigenvalue weighted by atomic mass is 10.1. The van der Waals surface area contributed by atoms with Gasteiger partial charge in [0.2, 0.25) is 0 Å². The molecule has 1 amide bonds. The molecule has 2 aliphatic rings. The Morgan fingerprint density at radius 2 is 1.58 bits per heavy atom. The molecule has 0 aliphatic carbocycles. The molecule has 0 radical (unpaired) electrons. The summed E-state index contributed by atoms with van der Waals surface area (Å²) in [6.07, 6.45) is 0.582. The first-order valence-corrected chi connectivity index (χ1v) is 9.02. The molecule has 140 valence electrons. The highest BCUT2D eigenvalue weighted by atomic mass is 16.6. The van der Waals surface area contributed by atoms with Crippen LogP contribution in [0.5, 0.6) is 0 Å². The van der Waals surface area contributed by atoms with Gasteiger partial charge >= 0.3 is 6.09 Å². The van der Waals surface area contributed by atoms with Gasteiger partial charge in [-0.05, 0) is 27.2 Å². The Morgan fingerprint density at radius 1 is 1.04 bits per heavy atom. The van der Waals surface area contributed by atoms with Crippen molar-refractivity contribution in [1.29, 1.82) is 0 Å². The van der Waals surface area contributed by atoms with Crippen LogP contribution in [0.1, 0.15) is 27.2 Å². The summed E-state index contributed by atoms with van der Waals surface area (Å²) in [5.74, 6) is 0. The third-order valence-corrected chi connectivity index (χ3v) is 4.20. The van der Waals surface area contributed by atoms with Crippen LogP contribution < -0.4 is 5.32 Å². The molecule has 0 bridgehead atoms. The second kappa shape index (κ2) is 9.56. The van der Waals surface area contributed by atoms with Gasteiger partial charge in [-0.1, -0.05) is 0 Å². The minimum absolute atomic E-state index is 0.0841. The zero-order valence-electron chi connectivity index (χ0n) is 15.4. The summed E-state index contributed by atoms with van der Waals surface area (Å²) in [6, 6.07) is 0.0841. The van der Waals surface area contributed by atoms with Crippen molar-refractivity contribution in [2.24, 2.45) is 0 Å². The van der Waals surface area contributed by atoms with Crippen LogP contribution in [-0.2, 0) is 14.2 Å². The van der Waals surface area contributed by atoms with Crippen LogP contribution in [0.25, 0.3) is 0 Å². The number of carbonyl (C=O) groups excluding carboxylic acids is 1. The SMILES string of the molecule is CC(C)(C)OC(=O)N[C@H](CCN1CCOCC1)CN1CCOCC1. The Balaban J connectivity index is 1.83. The van der Waals surface area contributed by atoms with E-state index in [4.69, 9.17) is 14.2 Å². The van der Waals surface area contributed by atoms with Crippen LogP contribution in [0.2, 0.25) is 0 Å². The first-order chi connectivity index (χ1) is 11.4. The Morgan fingerprint density at radius 3 is 2.12 bits per heavy atom. The van der Waals surface area contributed by atoms with Crippen LogP contribution in [0, 0.1) is 0 Å². The first-order valence-electron chi connectivity index (χ1n) is 9.02. The zero-order valence-corrected chi connectivity index (χ0v) is 15.4. The van der Waals surface area contributed by atoms with E-state index in [-0.39, 0.29) is 12.1 Å². The zero-order chi connectivity index (χ0) is 17.4. The lowest BCUT2D eigenvalue weighted by Gasteiger charge is -2.33. The summed E-state index contributed by atoms with van der Waals surface area (Å²) in [5.41, 5.74) is -0.474.